The van der Waals surface area contributed by atoms with E-state index in [1.54, 1.807) is 12.3 Å². The predicted molar refractivity (Wildman–Crippen MR) is 125 cm³/mol. The summed E-state index contributed by atoms with van der Waals surface area (Å²) in [4.78, 5) is 20.3. The lowest BCUT2D eigenvalue weighted by Gasteiger charge is -2.05. The molecule has 0 aliphatic carbocycles. The van der Waals surface area contributed by atoms with Gasteiger partial charge < -0.3 is 9.63 Å². The van der Waals surface area contributed by atoms with Gasteiger partial charge >= 0.3 is 5.97 Å². The lowest BCUT2D eigenvalue weighted by molar-refractivity contribution is 0.0696. The van der Waals surface area contributed by atoms with Gasteiger partial charge in [0.2, 0.25) is 0 Å². The van der Waals surface area contributed by atoms with Crippen molar-refractivity contribution < 1.29 is 14.4 Å². The second-order valence-electron chi connectivity index (χ2n) is 7.80. The number of benzene rings is 1. The number of halogens is 1. The van der Waals surface area contributed by atoms with Crippen LogP contribution in [0.3, 0.4) is 0 Å². The van der Waals surface area contributed by atoms with Crippen molar-refractivity contribution in [3.63, 3.8) is 0 Å². The number of aryl methyl sites for hydroxylation is 2. The number of nitrogens with zero attached hydrogens (tertiary/aromatic N) is 4. The second kappa shape index (κ2) is 8.18. The number of carboxylic acid groups (broad SMARTS) is 1. The Balaban J connectivity index is 1.69. The first-order chi connectivity index (χ1) is 15.9. The molecule has 0 bridgehead atoms. The molecular weight excluding hydrogens is 440 g/mol. The van der Waals surface area contributed by atoms with Crippen molar-refractivity contribution >= 4 is 28.6 Å². The minimum atomic E-state index is -1.02. The van der Waals surface area contributed by atoms with Crippen molar-refractivity contribution in [1.29, 1.82) is 0 Å². The molecule has 33 heavy (non-hydrogen) atoms. The Bertz CT molecular complexity index is 1480. The molecule has 4 aromatic heterocycles. The minimum absolute atomic E-state index is 0.125. The molecule has 0 unspecified atom stereocenters. The zero-order valence-corrected chi connectivity index (χ0v) is 18.7. The Morgan fingerprint density at radius 3 is 2.58 bits per heavy atom. The molecule has 4 heterocycles. The average Bonchev–Trinajstić information content (AvgIpc) is 3.34. The molecule has 0 amide bonds. The number of carbonyl (C=O) groups is 1. The maximum absolute atomic E-state index is 11.2. The summed E-state index contributed by atoms with van der Waals surface area (Å²) in [7, 11) is 0. The summed E-state index contributed by atoms with van der Waals surface area (Å²) in [6.07, 6.45) is 5.70. The van der Waals surface area contributed by atoms with Gasteiger partial charge in [-0.15, -0.1) is 0 Å². The lowest BCUT2D eigenvalue weighted by atomic mass is 10.0. The highest BCUT2D eigenvalue weighted by atomic mass is 35.5. The van der Waals surface area contributed by atoms with E-state index in [1.165, 1.54) is 12.3 Å². The molecule has 164 valence electrons. The topological polar surface area (TPSA) is 94.0 Å². The fraction of sp³-hybridized carbons (Fsp3) is 0.120. The van der Waals surface area contributed by atoms with E-state index in [1.807, 2.05) is 48.9 Å². The molecule has 0 saturated carbocycles. The number of hydrogen-bond donors (Lipinski definition) is 1. The van der Waals surface area contributed by atoms with Gasteiger partial charge in [0, 0.05) is 46.5 Å². The maximum atomic E-state index is 11.2. The lowest BCUT2D eigenvalue weighted by Crippen LogP contribution is -2.01. The SMILES string of the molecule is Cc1noc(C)c1-c1cnc2c(c1)c(Cc1ccccc1Cl)cn2-c1ccc(C(=O)O)cn1. The van der Waals surface area contributed by atoms with Gasteiger partial charge in [0.1, 0.15) is 17.2 Å². The average molecular weight is 459 g/mol. The number of hydrogen-bond acceptors (Lipinski definition) is 5. The van der Waals surface area contributed by atoms with E-state index in [4.69, 9.17) is 21.1 Å². The van der Waals surface area contributed by atoms with Crippen LogP contribution in [0.2, 0.25) is 5.02 Å². The molecular formula is C25H19ClN4O3. The zero-order valence-electron chi connectivity index (χ0n) is 17.9. The van der Waals surface area contributed by atoms with E-state index in [0.29, 0.717) is 22.9 Å². The smallest absolute Gasteiger partial charge is 0.337 e. The Morgan fingerprint density at radius 2 is 1.91 bits per heavy atom. The van der Waals surface area contributed by atoms with Crippen LogP contribution in [0.4, 0.5) is 0 Å². The van der Waals surface area contributed by atoms with Crippen LogP contribution in [-0.4, -0.2) is 30.8 Å². The quantitative estimate of drug-likeness (QED) is 0.366. The van der Waals surface area contributed by atoms with Crippen LogP contribution in [0.5, 0.6) is 0 Å². The molecule has 0 aliphatic heterocycles. The molecule has 0 atom stereocenters. The fourth-order valence-corrected chi connectivity index (χ4v) is 4.22. The third-order valence-corrected chi connectivity index (χ3v) is 6.00. The van der Waals surface area contributed by atoms with Crippen molar-refractivity contribution in [2.75, 3.05) is 0 Å². The van der Waals surface area contributed by atoms with Crippen molar-refractivity contribution in [1.82, 2.24) is 19.7 Å². The minimum Gasteiger partial charge on any atom is -0.478 e. The summed E-state index contributed by atoms with van der Waals surface area (Å²) >= 11 is 6.44. The number of rotatable bonds is 5. The van der Waals surface area contributed by atoms with Crippen LogP contribution < -0.4 is 0 Å². The highest BCUT2D eigenvalue weighted by molar-refractivity contribution is 6.31. The van der Waals surface area contributed by atoms with Gasteiger partial charge in [0.25, 0.3) is 0 Å². The van der Waals surface area contributed by atoms with Crippen LogP contribution in [0.1, 0.15) is 32.9 Å². The van der Waals surface area contributed by atoms with Gasteiger partial charge in [-0.1, -0.05) is 35.0 Å². The highest BCUT2D eigenvalue weighted by Crippen LogP contribution is 2.33. The number of carboxylic acids is 1. The van der Waals surface area contributed by atoms with Crippen LogP contribution in [0.15, 0.2) is 65.6 Å². The van der Waals surface area contributed by atoms with Crippen LogP contribution in [0, 0.1) is 13.8 Å². The van der Waals surface area contributed by atoms with E-state index in [-0.39, 0.29) is 5.56 Å². The summed E-state index contributed by atoms with van der Waals surface area (Å²) in [6.45, 7) is 3.78. The molecule has 5 rings (SSSR count). The summed E-state index contributed by atoms with van der Waals surface area (Å²) in [5, 5.41) is 14.9. The molecule has 5 aromatic rings. The van der Waals surface area contributed by atoms with Gasteiger partial charge in [-0.05, 0) is 49.2 Å². The Kier molecular flexibility index (Phi) is 5.18. The van der Waals surface area contributed by atoms with Crippen LogP contribution in [0.25, 0.3) is 28.0 Å². The summed E-state index contributed by atoms with van der Waals surface area (Å²) in [5.74, 6) is 0.285. The van der Waals surface area contributed by atoms with Crippen molar-refractivity contribution in [2.45, 2.75) is 20.3 Å². The van der Waals surface area contributed by atoms with E-state index in [0.717, 1.165) is 39.1 Å². The number of fused-ring (bicyclic) bond motifs is 1. The third-order valence-electron chi connectivity index (χ3n) is 5.63. The second-order valence-corrected chi connectivity index (χ2v) is 8.20. The maximum Gasteiger partial charge on any atom is 0.337 e. The molecule has 8 heteroatoms. The number of aromatic carboxylic acids is 1. The molecule has 1 N–H and O–H groups in total. The van der Waals surface area contributed by atoms with E-state index in [9.17, 15) is 9.90 Å². The van der Waals surface area contributed by atoms with E-state index >= 15 is 0 Å². The van der Waals surface area contributed by atoms with Gasteiger partial charge in [-0.2, -0.15) is 0 Å². The summed E-state index contributed by atoms with van der Waals surface area (Å²) in [5.41, 5.74) is 5.48. The summed E-state index contributed by atoms with van der Waals surface area (Å²) < 4.78 is 7.22. The Hall–Kier alpha value is -3.97. The van der Waals surface area contributed by atoms with Crippen LogP contribution in [-0.2, 0) is 6.42 Å². The monoisotopic (exact) mass is 458 g/mol. The first kappa shape index (κ1) is 20.9. The highest BCUT2D eigenvalue weighted by Gasteiger charge is 2.18. The summed E-state index contributed by atoms with van der Waals surface area (Å²) in [6, 6.07) is 13.0. The Labute approximate surface area is 194 Å². The molecule has 0 spiro atoms. The molecule has 0 radical (unpaired) electrons. The normalized spacial score (nSPS) is 11.2. The van der Waals surface area contributed by atoms with Gasteiger partial charge in [-0.25, -0.2) is 14.8 Å². The molecule has 1 aromatic carbocycles. The fourth-order valence-electron chi connectivity index (χ4n) is 4.02. The first-order valence-corrected chi connectivity index (χ1v) is 10.7. The van der Waals surface area contributed by atoms with Crippen molar-refractivity contribution in [2.24, 2.45) is 0 Å². The largest absolute Gasteiger partial charge is 0.478 e. The van der Waals surface area contributed by atoms with Crippen molar-refractivity contribution in [3.8, 4) is 16.9 Å². The third kappa shape index (κ3) is 3.76. The zero-order chi connectivity index (χ0) is 23.1. The predicted octanol–water partition coefficient (Wildman–Crippen LogP) is 5.63. The molecule has 0 aliphatic rings. The van der Waals surface area contributed by atoms with Crippen molar-refractivity contribution in [3.05, 3.63) is 94.2 Å². The van der Waals surface area contributed by atoms with E-state index in [2.05, 4.69) is 16.2 Å². The standard InChI is InChI=1S/C25H19ClN4O3/c1-14-23(15(2)33-29-14)18-10-20-19(9-16-5-3-4-6-21(16)26)13-30(24(20)28-12-18)22-8-7-17(11-27-22)25(31)32/h3-8,10-13H,9H2,1-2H3,(H,31,32). The Morgan fingerprint density at radius 1 is 1.09 bits per heavy atom. The van der Waals surface area contributed by atoms with Gasteiger partial charge in [0.05, 0.1) is 11.3 Å². The first-order valence-electron chi connectivity index (χ1n) is 10.3. The number of pyridine rings is 2. The molecule has 0 fully saturated rings. The number of aromatic nitrogens is 4. The van der Waals surface area contributed by atoms with Gasteiger partial charge in [-0.3, -0.25) is 4.57 Å². The molecule has 0 saturated heterocycles. The molecule has 7 nitrogen and oxygen atoms in total. The van der Waals surface area contributed by atoms with Crippen LogP contribution >= 0.6 is 11.6 Å². The van der Waals surface area contributed by atoms with E-state index < -0.39 is 5.97 Å². The van der Waals surface area contributed by atoms with Gasteiger partial charge in [0.15, 0.2) is 0 Å².